The normalized spacial score (nSPS) is 18.2. The maximum atomic E-state index is 12.0. The molecule has 0 spiro atoms. The molecule has 1 aliphatic heterocycles. The first-order chi connectivity index (χ1) is 10.6. The highest BCUT2D eigenvalue weighted by atomic mass is 32.1. The van der Waals surface area contributed by atoms with Crippen LogP contribution in [0.1, 0.15) is 28.8 Å². The van der Waals surface area contributed by atoms with Gasteiger partial charge in [-0.1, -0.05) is 29.8 Å². The minimum atomic E-state index is -0.740. The van der Waals surface area contributed by atoms with Crippen LogP contribution in [0.5, 0.6) is 0 Å². The molecule has 5 heteroatoms. The van der Waals surface area contributed by atoms with Crippen molar-refractivity contribution in [1.82, 2.24) is 9.88 Å². The number of aromatic nitrogens is 1. The van der Waals surface area contributed by atoms with Gasteiger partial charge in [-0.2, -0.15) is 0 Å². The van der Waals surface area contributed by atoms with Crippen LogP contribution in [0.15, 0.2) is 36.0 Å². The van der Waals surface area contributed by atoms with E-state index in [9.17, 15) is 9.90 Å². The first-order valence-corrected chi connectivity index (χ1v) is 8.38. The zero-order valence-corrected chi connectivity index (χ0v) is 13.5. The SMILES string of the molecule is Cc1cccc(C2(C(=O)O)CCN(Cc3cncs3)CC2)c1. The molecule has 1 N–H and O–H groups in total. The molecule has 22 heavy (non-hydrogen) atoms. The van der Waals surface area contributed by atoms with E-state index in [2.05, 4.69) is 9.88 Å². The lowest BCUT2D eigenvalue weighted by molar-refractivity contribution is -0.146. The van der Waals surface area contributed by atoms with Crippen LogP contribution >= 0.6 is 11.3 Å². The van der Waals surface area contributed by atoms with Crippen molar-refractivity contribution in [3.05, 3.63) is 52.0 Å². The Balaban J connectivity index is 1.76. The van der Waals surface area contributed by atoms with E-state index >= 15 is 0 Å². The predicted molar refractivity (Wildman–Crippen MR) is 87.1 cm³/mol. The number of hydrogen-bond donors (Lipinski definition) is 1. The molecule has 0 saturated carbocycles. The number of rotatable bonds is 4. The number of thiazole rings is 1. The van der Waals surface area contributed by atoms with Crippen molar-refractivity contribution < 1.29 is 9.90 Å². The van der Waals surface area contributed by atoms with Crippen LogP contribution in [0.2, 0.25) is 0 Å². The molecule has 3 rings (SSSR count). The maximum Gasteiger partial charge on any atom is 0.314 e. The molecular weight excluding hydrogens is 296 g/mol. The lowest BCUT2D eigenvalue weighted by atomic mass is 9.72. The Kier molecular flexibility index (Phi) is 4.27. The number of hydrogen-bond acceptors (Lipinski definition) is 4. The maximum absolute atomic E-state index is 12.0. The predicted octanol–water partition coefficient (Wildman–Crippen LogP) is 3.07. The Bertz CT molecular complexity index is 646. The summed E-state index contributed by atoms with van der Waals surface area (Å²) in [4.78, 5) is 19.6. The molecule has 116 valence electrons. The molecule has 0 atom stereocenters. The van der Waals surface area contributed by atoms with Crippen molar-refractivity contribution >= 4 is 17.3 Å². The number of aliphatic carboxylic acids is 1. The Morgan fingerprint density at radius 2 is 2.18 bits per heavy atom. The van der Waals surface area contributed by atoms with Gasteiger partial charge >= 0.3 is 5.97 Å². The second kappa shape index (κ2) is 6.18. The van der Waals surface area contributed by atoms with Gasteiger partial charge in [-0.15, -0.1) is 11.3 Å². The molecule has 1 aliphatic rings. The third kappa shape index (κ3) is 2.91. The molecule has 2 heterocycles. The van der Waals surface area contributed by atoms with Crippen LogP contribution in [-0.4, -0.2) is 34.0 Å². The number of nitrogens with zero attached hydrogens (tertiary/aromatic N) is 2. The average Bonchev–Trinajstić information content (AvgIpc) is 3.01. The lowest BCUT2D eigenvalue weighted by Crippen LogP contribution is -2.47. The van der Waals surface area contributed by atoms with E-state index in [1.54, 1.807) is 11.3 Å². The van der Waals surface area contributed by atoms with Crippen molar-refractivity contribution in [2.75, 3.05) is 13.1 Å². The Labute approximate surface area is 134 Å². The van der Waals surface area contributed by atoms with E-state index in [0.29, 0.717) is 12.8 Å². The van der Waals surface area contributed by atoms with Gasteiger partial charge in [-0.05, 0) is 38.4 Å². The van der Waals surface area contributed by atoms with Gasteiger partial charge in [0, 0.05) is 17.6 Å². The molecule has 0 aliphatic carbocycles. The molecule has 0 radical (unpaired) electrons. The highest BCUT2D eigenvalue weighted by Gasteiger charge is 2.43. The fourth-order valence-electron chi connectivity index (χ4n) is 3.20. The number of benzene rings is 1. The Morgan fingerprint density at radius 3 is 2.77 bits per heavy atom. The van der Waals surface area contributed by atoms with Gasteiger partial charge in [0.15, 0.2) is 0 Å². The van der Waals surface area contributed by atoms with Crippen molar-refractivity contribution in [2.45, 2.75) is 31.7 Å². The largest absolute Gasteiger partial charge is 0.481 e. The summed E-state index contributed by atoms with van der Waals surface area (Å²) >= 11 is 1.65. The summed E-state index contributed by atoms with van der Waals surface area (Å²) in [5.41, 5.74) is 3.16. The molecule has 0 unspecified atom stereocenters. The number of carboxylic acid groups (broad SMARTS) is 1. The van der Waals surface area contributed by atoms with E-state index in [0.717, 1.165) is 30.8 Å². The number of likely N-dealkylation sites (tertiary alicyclic amines) is 1. The van der Waals surface area contributed by atoms with Gasteiger partial charge in [-0.25, -0.2) is 0 Å². The molecule has 1 aromatic heterocycles. The Morgan fingerprint density at radius 1 is 1.41 bits per heavy atom. The van der Waals surface area contributed by atoms with Crippen LogP contribution in [0.25, 0.3) is 0 Å². The highest BCUT2D eigenvalue weighted by Crippen LogP contribution is 2.36. The summed E-state index contributed by atoms with van der Waals surface area (Å²) in [5.74, 6) is -0.699. The fourth-order valence-corrected chi connectivity index (χ4v) is 3.84. The van der Waals surface area contributed by atoms with Gasteiger partial charge in [0.25, 0.3) is 0 Å². The molecule has 4 nitrogen and oxygen atoms in total. The van der Waals surface area contributed by atoms with E-state index in [1.165, 1.54) is 4.88 Å². The highest BCUT2D eigenvalue weighted by molar-refractivity contribution is 7.09. The van der Waals surface area contributed by atoms with Crippen molar-refractivity contribution in [3.63, 3.8) is 0 Å². The molecule has 0 amide bonds. The summed E-state index contributed by atoms with van der Waals surface area (Å²) in [6.45, 7) is 4.49. The zero-order chi connectivity index (χ0) is 15.6. The summed E-state index contributed by atoms with van der Waals surface area (Å²) < 4.78 is 0. The third-order valence-electron chi connectivity index (χ3n) is 4.55. The van der Waals surface area contributed by atoms with Gasteiger partial charge in [0.1, 0.15) is 0 Å². The minimum absolute atomic E-state index is 0.657. The van der Waals surface area contributed by atoms with Crippen molar-refractivity contribution in [3.8, 4) is 0 Å². The number of carboxylic acids is 1. The zero-order valence-electron chi connectivity index (χ0n) is 12.7. The lowest BCUT2D eigenvalue weighted by Gasteiger charge is -2.39. The first-order valence-electron chi connectivity index (χ1n) is 7.50. The summed E-state index contributed by atoms with van der Waals surface area (Å²) in [6, 6.07) is 7.95. The first kappa shape index (κ1) is 15.2. The molecule has 1 fully saturated rings. The topological polar surface area (TPSA) is 53.4 Å². The summed E-state index contributed by atoms with van der Waals surface area (Å²) in [7, 11) is 0. The van der Waals surface area contributed by atoms with E-state index in [4.69, 9.17) is 0 Å². The minimum Gasteiger partial charge on any atom is -0.481 e. The smallest absolute Gasteiger partial charge is 0.314 e. The molecule has 1 aromatic carbocycles. The average molecular weight is 316 g/mol. The molecule has 2 aromatic rings. The summed E-state index contributed by atoms with van der Waals surface area (Å²) in [6.07, 6.45) is 3.21. The quantitative estimate of drug-likeness (QED) is 0.942. The molecule has 0 bridgehead atoms. The van der Waals surface area contributed by atoms with Crippen molar-refractivity contribution in [2.24, 2.45) is 0 Å². The van der Waals surface area contributed by atoms with Crippen LogP contribution in [-0.2, 0) is 16.8 Å². The van der Waals surface area contributed by atoms with Crippen LogP contribution in [0, 0.1) is 6.92 Å². The van der Waals surface area contributed by atoms with Crippen LogP contribution in [0.4, 0.5) is 0 Å². The number of aryl methyl sites for hydroxylation is 1. The molecular formula is C17H20N2O2S. The van der Waals surface area contributed by atoms with E-state index in [-0.39, 0.29) is 0 Å². The van der Waals surface area contributed by atoms with Crippen LogP contribution < -0.4 is 0 Å². The van der Waals surface area contributed by atoms with Gasteiger partial charge in [-0.3, -0.25) is 14.7 Å². The second-order valence-corrected chi connectivity index (χ2v) is 6.97. The summed E-state index contributed by atoms with van der Waals surface area (Å²) in [5, 5.41) is 9.85. The van der Waals surface area contributed by atoms with Crippen LogP contribution in [0.3, 0.4) is 0 Å². The van der Waals surface area contributed by atoms with E-state index in [1.807, 2.05) is 42.9 Å². The Hall–Kier alpha value is -1.72. The monoisotopic (exact) mass is 316 g/mol. The number of carbonyl (C=O) groups is 1. The molecule has 1 saturated heterocycles. The number of piperidine rings is 1. The van der Waals surface area contributed by atoms with E-state index < -0.39 is 11.4 Å². The van der Waals surface area contributed by atoms with Gasteiger partial charge in [0.2, 0.25) is 0 Å². The third-order valence-corrected chi connectivity index (χ3v) is 5.32. The fraction of sp³-hybridized carbons (Fsp3) is 0.412. The second-order valence-electron chi connectivity index (χ2n) is 6.00. The van der Waals surface area contributed by atoms with Gasteiger partial charge in [0.05, 0.1) is 10.9 Å². The standard InChI is InChI=1S/C17H20N2O2S/c1-13-3-2-4-14(9-13)17(16(20)21)5-7-19(8-6-17)11-15-10-18-12-22-15/h2-4,9-10,12H,5-8,11H2,1H3,(H,20,21). The van der Waals surface area contributed by atoms with Crippen molar-refractivity contribution in [1.29, 1.82) is 0 Å². The van der Waals surface area contributed by atoms with Gasteiger partial charge < -0.3 is 5.11 Å².